The molecule has 2 amide bonds. The van der Waals surface area contributed by atoms with Gasteiger partial charge in [-0.15, -0.1) is 11.6 Å². The van der Waals surface area contributed by atoms with Gasteiger partial charge in [-0.3, -0.25) is 9.59 Å². The molecule has 2 unspecified atom stereocenters. The van der Waals surface area contributed by atoms with Gasteiger partial charge in [-0.1, -0.05) is 42.5 Å². The smallest absolute Gasteiger partial charge is 0.270 e. The van der Waals surface area contributed by atoms with Gasteiger partial charge in [0, 0.05) is 37.6 Å². The molecule has 7 heteroatoms. The number of allylic oxidation sites excluding steroid dienone is 1. The zero-order valence-electron chi connectivity index (χ0n) is 17.8. The Labute approximate surface area is 186 Å². The second-order valence-electron chi connectivity index (χ2n) is 8.16. The normalized spacial score (nSPS) is 17.7. The van der Waals surface area contributed by atoms with E-state index < -0.39 is 5.38 Å². The summed E-state index contributed by atoms with van der Waals surface area (Å²) in [5.74, 6) is -0.201. The number of carbonyl (C=O) groups is 2. The van der Waals surface area contributed by atoms with Crippen molar-refractivity contribution in [3.63, 3.8) is 0 Å². The van der Waals surface area contributed by atoms with E-state index in [0.717, 1.165) is 16.5 Å². The second kappa shape index (κ2) is 8.63. The lowest BCUT2D eigenvalue weighted by molar-refractivity contribution is -0.135. The molecular formula is C24H26ClN3O3. The third-order valence-electron chi connectivity index (χ3n) is 5.66. The van der Waals surface area contributed by atoms with Gasteiger partial charge in [0.05, 0.1) is 6.26 Å². The Morgan fingerprint density at radius 3 is 2.65 bits per heavy atom. The number of alkyl halides is 1. The molecular weight excluding hydrogens is 414 g/mol. The number of aromatic nitrogens is 1. The first kappa shape index (κ1) is 21.2. The Morgan fingerprint density at radius 1 is 1.23 bits per heavy atom. The lowest BCUT2D eigenvalue weighted by Gasteiger charge is -2.40. The van der Waals surface area contributed by atoms with Crippen LogP contribution < -0.4 is 0 Å². The number of furan rings is 1. The van der Waals surface area contributed by atoms with Gasteiger partial charge in [-0.2, -0.15) is 0 Å². The minimum absolute atomic E-state index is 0.0721. The highest BCUT2D eigenvalue weighted by atomic mass is 35.5. The molecule has 1 aliphatic heterocycles. The number of hydrogen-bond donors (Lipinski definition) is 0. The topological polar surface area (TPSA) is 58.7 Å². The average Bonchev–Trinajstić information content (AvgIpc) is 3.35. The Hall–Kier alpha value is -2.99. The minimum Gasteiger partial charge on any atom is -0.448 e. The number of hydrogen-bond acceptors (Lipinski definition) is 3. The van der Waals surface area contributed by atoms with Crippen molar-refractivity contribution in [2.45, 2.75) is 31.8 Å². The van der Waals surface area contributed by atoms with Crippen LogP contribution in [0.25, 0.3) is 11.1 Å². The van der Waals surface area contributed by atoms with E-state index in [2.05, 4.69) is 6.58 Å². The molecule has 3 heterocycles. The molecule has 2 atom stereocenters. The second-order valence-corrected chi connectivity index (χ2v) is 8.60. The number of benzene rings is 1. The van der Waals surface area contributed by atoms with Crippen molar-refractivity contribution in [2.75, 3.05) is 19.6 Å². The molecule has 0 radical (unpaired) electrons. The third-order valence-corrected chi connectivity index (χ3v) is 6.10. The van der Waals surface area contributed by atoms with Crippen LogP contribution in [0, 0.1) is 0 Å². The zero-order valence-corrected chi connectivity index (χ0v) is 18.5. The van der Waals surface area contributed by atoms with E-state index >= 15 is 0 Å². The summed E-state index contributed by atoms with van der Waals surface area (Å²) in [6, 6.07) is 12.9. The number of halogens is 1. The largest absolute Gasteiger partial charge is 0.448 e. The van der Waals surface area contributed by atoms with Crippen molar-refractivity contribution in [3.05, 3.63) is 72.1 Å². The van der Waals surface area contributed by atoms with Crippen molar-refractivity contribution in [2.24, 2.45) is 0 Å². The lowest BCUT2D eigenvalue weighted by atomic mass is 10.1. The summed E-state index contributed by atoms with van der Waals surface area (Å²) in [6.45, 7) is 9.70. The van der Waals surface area contributed by atoms with Crippen LogP contribution in [-0.2, 0) is 11.3 Å². The predicted octanol–water partition coefficient (Wildman–Crippen LogP) is 4.46. The van der Waals surface area contributed by atoms with E-state index in [1.165, 1.54) is 0 Å². The van der Waals surface area contributed by atoms with Crippen molar-refractivity contribution in [1.82, 2.24) is 14.4 Å². The Balaban J connectivity index is 1.49. The van der Waals surface area contributed by atoms with Crippen LogP contribution in [0.3, 0.4) is 0 Å². The first-order chi connectivity index (χ1) is 14.9. The minimum atomic E-state index is -0.731. The Morgan fingerprint density at radius 2 is 1.97 bits per heavy atom. The van der Waals surface area contributed by atoms with Crippen LogP contribution in [0.5, 0.6) is 0 Å². The number of carbonyl (C=O) groups excluding carboxylic acids is 2. The molecule has 1 aromatic carbocycles. The van der Waals surface area contributed by atoms with E-state index in [1.54, 1.807) is 16.1 Å². The van der Waals surface area contributed by atoms with Crippen molar-refractivity contribution in [1.29, 1.82) is 0 Å². The molecule has 4 rings (SSSR count). The molecule has 0 spiro atoms. The third kappa shape index (κ3) is 4.12. The molecule has 1 fully saturated rings. The van der Waals surface area contributed by atoms with Gasteiger partial charge in [0.2, 0.25) is 11.6 Å². The van der Waals surface area contributed by atoms with Crippen molar-refractivity contribution in [3.8, 4) is 0 Å². The maximum absolute atomic E-state index is 13.4. The summed E-state index contributed by atoms with van der Waals surface area (Å²) in [7, 11) is 0. The fraction of sp³-hybridized carbons (Fsp3) is 0.333. The van der Waals surface area contributed by atoms with Crippen LogP contribution in [0.1, 0.15) is 35.3 Å². The molecule has 0 aliphatic carbocycles. The maximum atomic E-state index is 13.4. The number of fused-ring (bicyclic) bond motifs is 1. The van der Waals surface area contributed by atoms with Gasteiger partial charge in [-0.25, -0.2) is 0 Å². The van der Waals surface area contributed by atoms with Crippen LogP contribution >= 0.6 is 11.6 Å². The number of amides is 2. The summed E-state index contributed by atoms with van der Waals surface area (Å²) in [4.78, 5) is 29.9. The van der Waals surface area contributed by atoms with Gasteiger partial charge in [0.25, 0.3) is 5.91 Å². The van der Waals surface area contributed by atoms with Gasteiger partial charge < -0.3 is 18.8 Å². The van der Waals surface area contributed by atoms with Crippen molar-refractivity contribution >= 4 is 34.5 Å². The summed E-state index contributed by atoms with van der Waals surface area (Å²) >= 11 is 6.46. The van der Waals surface area contributed by atoms with E-state index in [1.807, 2.05) is 60.9 Å². The first-order valence-corrected chi connectivity index (χ1v) is 10.8. The van der Waals surface area contributed by atoms with Gasteiger partial charge in [0.1, 0.15) is 11.1 Å². The van der Waals surface area contributed by atoms with E-state index in [4.69, 9.17) is 16.0 Å². The fourth-order valence-electron chi connectivity index (χ4n) is 4.12. The SMILES string of the molecule is C=C(C)Cn1c(C(=O)N2CCN(C(=O)C(Cl)c3ccccc3)C(C)C2)cc2ccoc21. The van der Waals surface area contributed by atoms with Crippen LogP contribution in [0.2, 0.25) is 0 Å². The Bertz CT molecular complexity index is 1120. The Kier molecular flexibility index (Phi) is 5.92. The molecule has 1 saturated heterocycles. The number of rotatable bonds is 5. The van der Waals surface area contributed by atoms with Crippen molar-refractivity contribution < 1.29 is 14.0 Å². The number of nitrogens with zero attached hydrogens (tertiary/aromatic N) is 3. The fourth-order valence-corrected chi connectivity index (χ4v) is 4.39. The standard InChI is InChI=1S/C24H26ClN3O3/c1-16(2)14-28-20(13-19-9-12-31-24(19)28)22(29)26-10-11-27(17(3)15-26)23(30)21(25)18-7-5-4-6-8-18/h4-9,12-13,17,21H,1,10-11,14-15H2,2-3H3. The summed E-state index contributed by atoms with van der Waals surface area (Å²) in [6.07, 6.45) is 1.62. The van der Waals surface area contributed by atoms with Crippen LogP contribution in [-0.4, -0.2) is 51.9 Å². The predicted molar refractivity (Wildman–Crippen MR) is 121 cm³/mol. The van der Waals surface area contributed by atoms with Gasteiger partial charge in [-0.05, 0) is 31.5 Å². The highest BCUT2D eigenvalue weighted by Gasteiger charge is 2.34. The van der Waals surface area contributed by atoms with E-state index in [-0.39, 0.29) is 17.9 Å². The van der Waals surface area contributed by atoms with Crippen LogP contribution in [0.15, 0.2) is 65.3 Å². The summed E-state index contributed by atoms with van der Waals surface area (Å²) in [5, 5.41) is 0.157. The summed E-state index contributed by atoms with van der Waals surface area (Å²) in [5.41, 5.74) is 2.95. The monoisotopic (exact) mass is 439 g/mol. The highest BCUT2D eigenvalue weighted by molar-refractivity contribution is 6.30. The quantitative estimate of drug-likeness (QED) is 0.435. The molecule has 6 nitrogen and oxygen atoms in total. The average molecular weight is 440 g/mol. The first-order valence-electron chi connectivity index (χ1n) is 10.4. The molecule has 3 aromatic rings. The van der Waals surface area contributed by atoms with E-state index in [0.29, 0.717) is 37.6 Å². The van der Waals surface area contributed by atoms with Crippen LogP contribution in [0.4, 0.5) is 0 Å². The molecule has 1 aliphatic rings. The van der Waals surface area contributed by atoms with E-state index in [9.17, 15) is 9.59 Å². The molecule has 162 valence electrons. The molecule has 2 aromatic heterocycles. The molecule has 31 heavy (non-hydrogen) atoms. The molecule has 0 N–H and O–H groups in total. The highest BCUT2D eigenvalue weighted by Crippen LogP contribution is 2.27. The zero-order chi connectivity index (χ0) is 22.1. The molecule has 0 saturated carbocycles. The van der Waals surface area contributed by atoms with Gasteiger partial charge in [0.15, 0.2) is 0 Å². The maximum Gasteiger partial charge on any atom is 0.270 e. The number of piperazine rings is 1. The summed E-state index contributed by atoms with van der Waals surface area (Å²) < 4.78 is 7.46. The molecule has 0 bridgehead atoms. The lowest BCUT2D eigenvalue weighted by Crippen LogP contribution is -2.56. The van der Waals surface area contributed by atoms with Gasteiger partial charge >= 0.3 is 0 Å².